The monoisotopic (exact) mass is 356 g/mol. The fourth-order valence-electron chi connectivity index (χ4n) is 2.52. The highest BCUT2D eigenvalue weighted by Gasteiger charge is 2.53. The Morgan fingerprint density at radius 3 is 2.28 bits per heavy atom. The standard InChI is InChI=1S/C18H24BF3O3/c1-6-23-10-9-13(14-11-12(20)7-8-15(14)21)16(22)19-24-17(2,3)18(4,5)25-19/h7-8,11H,6,9-10H2,1-5H3. The molecule has 7 heteroatoms. The van der Waals surface area contributed by atoms with Crippen LogP contribution < -0.4 is 0 Å². The summed E-state index contributed by atoms with van der Waals surface area (Å²) in [7, 11) is -1.27. The van der Waals surface area contributed by atoms with E-state index in [1.54, 1.807) is 34.6 Å². The molecule has 0 unspecified atom stereocenters. The Labute approximate surface area is 147 Å². The van der Waals surface area contributed by atoms with Crippen molar-refractivity contribution in [1.29, 1.82) is 0 Å². The molecule has 138 valence electrons. The lowest BCUT2D eigenvalue weighted by atomic mass is 9.81. The molecule has 1 fully saturated rings. The topological polar surface area (TPSA) is 27.7 Å². The highest BCUT2D eigenvalue weighted by atomic mass is 19.1. The van der Waals surface area contributed by atoms with Crippen LogP contribution in [-0.4, -0.2) is 31.5 Å². The molecule has 0 bridgehead atoms. The predicted octanol–water partition coefficient (Wildman–Crippen LogP) is 4.70. The molecule has 0 radical (unpaired) electrons. The molecule has 0 spiro atoms. The second-order valence-corrected chi connectivity index (χ2v) is 6.99. The van der Waals surface area contributed by atoms with Crippen LogP contribution in [0.25, 0.3) is 5.57 Å². The molecule has 1 aliphatic rings. The van der Waals surface area contributed by atoms with Gasteiger partial charge in [0.15, 0.2) is 0 Å². The van der Waals surface area contributed by atoms with Crippen LogP contribution in [0.15, 0.2) is 23.9 Å². The molecule has 1 aliphatic heterocycles. The van der Waals surface area contributed by atoms with Crippen LogP contribution in [0.5, 0.6) is 0 Å². The molecule has 0 aromatic heterocycles. The number of hydrogen-bond donors (Lipinski definition) is 0. The van der Waals surface area contributed by atoms with Crippen molar-refractivity contribution in [1.82, 2.24) is 0 Å². The van der Waals surface area contributed by atoms with Crippen molar-refractivity contribution in [2.45, 2.75) is 52.2 Å². The molecule has 0 aliphatic carbocycles. The Morgan fingerprint density at radius 2 is 1.72 bits per heavy atom. The van der Waals surface area contributed by atoms with Gasteiger partial charge in [0.25, 0.3) is 0 Å². The fourth-order valence-corrected chi connectivity index (χ4v) is 2.52. The molecule has 0 saturated carbocycles. The second-order valence-electron chi connectivity index (χ2n) is 6.99. The molecular formula is C18H24BF3O3. The maximum absolute atomic E-state index is 15.2. The predicted molar refractivity (Wildman–Crippen MR) is 91.6 cm³/mol. The van der Waals surface area contributed by atoms with Crippen LogP contribution >= 0.6 is 0 Å². The summed E-state index contributed by atoms with van der Waals surface area (Å²) in [6.45, 7) is 9.60. The molecule has 3 nitrogen and oxygen atoms in total. The van der Waals surface area contributed by atoms with E-state index >= 15 is 4.39 Å². The minimum atomic E-state index is -1.27. The van der Waals surface area contributed by atoms with E-state index in [0.29, 0.717) is 6.61 Å². The first-order chi connectivity index (χ1) is 11.6. The van der Waals surface area contributed by atoms with Crippen molar-refractivity contribution in [3.63, 3.8) is 0 Å². The van der Waals surface area contributed by atoms with E-state index in [1.165, 1.54) is 0 Å². The van der Waals surface area contributed by atoms with Gasteiger partial charge in [0.2, 0.25) is 0 Å². The summed E-state index contributed by atoms with van der Waals surface area (Å²) in [6, 6.07) is 2.94. The zero-order chi connectivity index (χ0) is 18.8. The smallest absolute Gasteiger partial charge is 0.398 e. The molecule has 1 heterocycles. The molecule has 1 aromatic rings. The highest BCUT2D eigenvalue weighted by Crippen LogP contribution is 2.41. The van der Waals surface area contributed by atoms with Crippen molar-refractivity contribution in [2.24, 2.45) is 0 Å². The Balaban J connectivity index is 2.43. The SMILES string of the molecule is CCOCCC(=C(F)B1OC(C)(C)C(C)(C)O1)c1cc(F)ccc1F. The molecule has 25 heavy (non-hydrogen) atoms. The van der Waals surface area contributed by atoms with Crippen LogP contribution in [0.4, 0.5) is 13.2 Å². The Bertz CT molecular complexity index is 643. The van der Waals surface area contributed by atoms with Gasteiger partial charge in [0.05, 0.1) is 17.8 Å². The van der Waals surface area contributed by atoms with E-state index in [-0.39, 0.29) is 24.2 Å². The molecule has 0 amide bonds. The maximum Gasteiger partial charge on any atom is 0.525 e. The third kappa shape index (κ3) is 4.27. The van der Waals surface area contributed by atoms with Crippen LogP contribution in [0.3, 0.4) is 0 Å². The van der Waals surface area contributed by atoms with Gasteiger partial charge < -0.3 is 14.0 Å². The summed E-state index contributed by atoms with van der Waals surface area (Å²) in [5.74, 6) is -1.36. The zero-order valence-electron chi connectivity index (χ0n) is 15.3. The summed E-state index contributed by atoms with van der Waals surface area (Å²) in [5, 5.41) is 0. The van der Waals surface area contributed by atoms with Crippen molar-refractivity contribution >= 4 is 12.7 Å². The van der Waals surface area contributed by atoms with Gasteiger partial charge in [-0.25, -0.2) is 13.2 Å². The number of ether oxygens (including phenoxy) is 1. The maximum atomic E-state index is 15.2. The molecule has 0 atom stereocenters. The van der Waals surface area contributed by atoms with E-state index in [9.17, 15) is 8.78 Å². The van der Waals surface area contributed by atoms with Crippen molar-refractivity contribution in [2.75, 3.05) is 13.2 Å². The van der Waals surface area contributed by atoms with Gasteiger partial charge in [0, 0.05) is 12.2 Å². The lowest BCUT2D eigenvalue weighted by Gasteiger charge is -2.32. The Morgan fingerprint density at radius 1 is 1.12 bits per heavy atom. The number of rotatable bonds is 6. The minimum absolute atomic E-state index is 0.0102. The third-order valence-electron chi connectivity index (χ3n) is 4.70. The molecule has 1 saturated heterocycles. The summed E-state index contributed by atoms with van der Waals surface area (Å²) >= 11 is 0. The van der Waals surface area contributed by atoms with Gasteiger partial charge in [0.1, 0.15) is 17.4 Å². The highest BCUT2D eigenvalue weighted by molar-refractivity contribution is 6.55. The van der Waals surface area contributed by atoms with E-state index in [1.807, 2.05) is 0 Å². The minimum Gasteiger partial charge on any atom is -0.398 e. The fraction of sp³-hybridized carbons (Fsp3) is 0.556. The van der Waals surface area contributed by atoms with E-state index in [0.717, 1.165) is 18.2 Å². The van der Waals surface area contributed by atoms with Gasteiger partial charge in [-0.3, -0.25) is 0 Å². The summed E-state index contributed by atoms with van der Waals surface area (Å²) in [6.07, 6.45) is 0.0735. The first kappa shape index (κ1) is 20.0. The van der Waals surface area contributed by atoms with E-state index in [4.69, 9.17) is 14.0 Å². The van der Waals surface area contributed by atoms with Gasteiger partial charge in [-0.05, 0) is 64.8 Å². The van der Waals surface area contributed by atoms with Crippen molar-refractivity contribution < 1.29 is 27.2 Å². The summed E-state index contributed by atoms with van der Waals surface area (Å²) in [5.41, 5.74) is -2.39. The lowest BCUT2D eigenvalue weighted by Crippen LogP contribution is -2.41. The summed E-state index contributed by atoms with van der Waals surface area (Å²) in [4.78, 5) is 0. The van der Waals surface area contributed by atoms with Gasteiger partial charge in [-0.15, -0.1) is 0 Å². The normalized spacial score (nSPS) is 19.9. The molecule has 2 rings (SSSR count). The number of hydrogen-bond acceptors (Lipinski definition) is 3. The van der Waals surface area contributed by atoms with E-state index in [2.05, 4.69) is 0 Å². The van der Waals surface area contributed by atoms with Gasteiger partial charge in [-0.2, -0.15) is 0 Å². The Hall–Kier alpha value is -1.31. The first-order valence-corrected chi connectivity index (χ1v) is 8.36. The van der Waals surface area contributed by atoms with Crippen LogP contribution in [0.2, 0.25) is 0 Å². The molecule has 1 aromatic carbocycles. The van der Waals surface area contributed by atoms with Crippen LogP contribution in [0, 0.1) is 11.6 Å². The first-order valence-electron chi connectivity index (χ1n) is 8.36. The molecular weight excluding hydrogens is 332 g/mol. The zero-order valence-corrected chi connectivity index (χ0v) is 15.3. The van der Waals surface area contributed by atoms with Gasteiger partial charge in [-0.1, -0.05) is 0 Å². The lowest BCUT2D eigenvalue weighted by molar-refractivity contribution is 0.00578. The average Bonchev–Trinajstić information content (AvgIpc) is 2.74. The quantitative estimate of drug-likeness (QED) is 0.546. The molecule has 0 N–H and O–H groups in total. The number of halogens is 3. The van der Waals surface area contributed by atoms with Crippen LogP contribution in [-0.2, 0) is 14.0 Å². The summed E-state index contributed by atoms with van der Waals surface area (Å²) < 4.78 is 59.6. The second kappa shape index (κ2) is 7.52. The van der Waals surface area contributed by atoms with E-state index < -0.39 is 35.7 Å². The Kier molecular flexibility index (Phi) is 6.02. The van der Waals surface area contributed by atoms with Crippen molar-refractivity contribution in [3.8, 4) is 0 Å². The third-order valence-corrected chi connectivity index (χ3v) is 4.70. The van der Waals surface area contributed by atoms with Crippen LogP contribution in [0.1, 0.15) is 46.6 Å². The number of benzene rings is 1. The van der Waals surface area contributed by atoms with Gasteiger partial charge >= 0.3 is 7.12 Å². The van der Waals surface area contributed by atoms with Crippen molar-refractivity contribution in [3.05, 3.63) is 41.1 Å². The largest absolute Gasteiger partial charge is 0.525 e. The average molecular weight is 356 g/mol.